The van der Waals surface area contributed by atoms with Gasteiger partial charge in [0.05, 0.1) is 12.3 Å². The van der Waals surface area contributed by atoms with Crippen molar-refractivity contribution < 1.29 is 9.50 Å². The van der Waals surface area contributed by atoms with Gasteiger partial charge < -0.3 is 14.9 Å². The van der Waals surface area contributed by atoms with Crippen LogP contribution in [0.4, 0.5) is 10.1 Å². The number of rotatable bonds is 6. The fourth-order valence-electron chi connectivity index (χ4n) is 2.40. The number of hydrogen-bond acceptors (Lipinski definition) is 5. The molecule has 1 aliphatic heterocycles. The Labute approximate surface area is 125 Å². The van der Waals surface area contributed by atoms with Crippen LogP contribution >= 0.6 is 0 Å². The Kier molecular flexibility index (Phi) is 5.93. The Morgan fingerprint density at radius 2 is 2.00 bits per heavy atom. The minimum atomic E-state index is -0.255. The van der Waals surface area contributed by atoms with Crippen molar-refractivity contribution in [1.29, 1.82) is 0 Å². The van der Waals surface area contributed by atoms with Gasteiger partial charge in [0.1, 0.15) is 5.82 Å². The zero-order chi connectivity index (χ0) is 15.2. The summed E-state index contributed by atoms with van der Waals surface area (Å²) in [5.41, 5.74) is 4.96. The van der Waals surface area contributed by atoms with E-state index >= 15 is 0 Å². The van der Waals surface area contributed by atoms with Gasteiger partial charge >= 0.3 is 0 Å². The first-order chi connectivity index (χ1) is 10.1. The second-order valence-corrected chi connectivity index (χ2v) is 5.56. The van der Waals surface area contributed by atoms with E-state index in [4.69, 9.17) is 5.11 Å². The number of likely N-dealkylation sites (N-methyl/N-ethyl adjacent to an activating group) is 2. The molecule has 0 saturated carbocycles. The lowest BCUT2D eigenvalue weighted by Crippen LogP contribution is -2.50. The molecule has 118 valence electrons. The summed E-state index contributed by atoms with van der Waals surface area (Å²) in [6.45, 7) is 5.22. The number of hydrogen-bond donors (Lipinski definition) is 2. The zero-order valence-electron chi connectivity index (χ0n) is 12.8. The Morgan fingerprint density at radius 1 is 1.29 bits per heavy atom. The molecule has 1 saturated heterocycles. The molecule has 1 aliphatic rings. The van der Waals surface area contributed by atoms with Crippen LogP contribution in [0.2, 0.25) is 0 Å². The molecule has 2 rings (SSSR count). The van der Waals surface area contributed by atoms with E-state index in [9.17, 15) is 4.39 Å². The number of aliphatic hydroxyl groups excluding tert-OH is 1. The molecular formula is C15H25FN4O. The van der Waals surface area contributed by atoms with E-state index in [0.29, 0.717) is 18.8 Å². The number of benzene rings is 1. The van der Waals surface area contributed by atoms with Gasteiger partial charge in [0.25, 0.3) is 0 Å². The van der Waals surface area contributed by atoms with Crippen molar-refractivity contribution >= 4 is 5.69 Å². The van der Waals surface area contributed by atoms with Crippen molar-refractivity contribution in [2.75, 3.05) is 58.3 Å². The molecule has 0 radical (unpaired) electrons. The average Bonchev–Trinajstić information content (AvgIpc) is 2.48. The van der Waals surface area contributed by atoms with Crippen LogP contribution in [0, 0.1) is 5.82 Å². The molecule has 0 aromatic heterocycles. The third-order valence-electron chi connectivity index (χ3n) is 3.87. The molecule has 6 heteroatoms. The van der Waals surface area contributed by atoms with Gasteiger partial charge in [-0.25, -0.2) is 9.40 Å². The first kappa shape index (κ1) is 16.2. The second-order valence-electron chi connectivity index (χ2n) is 5.56. The highest BCUT2D eigenvalue weighted by atomic mass is 19.1. The van der Waals surface area contributed by atoms with E-state index < -0.39 is 0 Å². The average molecular weight is 296 g/mol. The maximum atomic E-state index is 13.8. The molecule has 0 unspecified atom stereocenters. The number of halogens is 1. The fourth-order valence-corrected chi connectivity index (χ4v) is 2.40. The number of piperazine rings is 1. The molecule has 0 atom stereocenters. The van der Waals surface area contributed by atoms with Crippen molar-refractivity contribution in [3.63, 3.8) is 0 Å². The standard InChI is InChI=1S/C15H25FN4O/c1-18-5-7-20(8-6-18)17-12-13-3-4-14(16)15(11-13)19(2)9-10-21/h3-4,11,17,21H,5-10,12H2,1-2H3. The maximum absolute atomic E-state index is 13.8. The molecule has 21 heavy (non-hydrogen) atoms. The smallest absolute Gasteiger partial charge is 0.146 e. The molecule has 1 aromatic rings. The number of anilines is 1. The van der Waals surface area contributed by atoms with Crippen LogP contribution in [0.3, 0.4) is 0 Å². The van der Waals surface area contributed by atoms with Gasteiger partial charge in [0.2, 0.25) is 0 Å². The van der Waals surface area contributed by atoms with Gasteiger partial charge in [0, 0.05) is 46.3 Å². The Morgan fingerprint density at radius 3 is 2.67 bits per heavy atom. The van der Waals surface area contributed by atoms with Gasteiger partial charge in [-0.3, -0.25) is 5.43 Å². The third-order valence-corrected chi connectivity index (χ3v) is 3.87. The highest BCUT2D eigenvalue weighted by molar-refractivity contribution is 5.49. The monoisotopic (exact) mass is 296 g/mol. The van der Waals surface area contributed by atoms with Gasteiger partial charge in [-0.05, 0) is 24.7 Å². The Balaban J connectivity index is 1.92. The van der Waals surface area contributed by atoms with E-state index in [0.717, 1.165) is 31.7 Å². The molecule has 1 heterocycles. The van der Waals surface area contributed by atoms with Gasteiger partial charge in [0.15, 0.2) is 0 Å². The summed E-state index contributed by atoms with van der Waals surface area (Å²) < 4.78 is 13.8. The summed E-state index contributed by atoms with van der Waals surface area (Å²) in [4.78, 5) is 4.03. The van der Waals surface area contributed by atoms with Crippen molar-refractivity contribution in [3.05, 3.63) is 29.6 Å². The van der Waals surface area contributed by atoms with E-state index in [1.165, 1.54) is 6.07 Å². The van der Waals surface area contributed by atoms with Crippen LogP contribution in [0.25, 0.3) is 0 Å². The lowest BCUT2D eigenvalue weighted by Gasteiger charge is -2.32. The van der Waals surface area contributed by atoms with Crippen molar-refractivity contribution in [2.45, 2.75) is 6.54 Å². The molecule has 2 N–H and O–H groups in total. The second kappa shape index (κ2) is 7.70. The first-order valence-corrected chi connectivity index (χ1v) is 7.37. The predicted molar refractivity (Wildman–Crippen MR) is 82.7 cm³/mol. The molecule has 1 aromatic carbocycles. The Hall–Kier alpha value is -1.21. The number of nitrogens with one attached hydrogen (secondary N) is 1. The summed E-state index contributed by atoms with van der Waals surface area (Å²) in [5, 5.41) is 11.2. The van der Waals surface area contributed by atoms with Crippen molar-refractivity contribution in [3.8, 4) is 0 Å². The number of aliphatic hydroxyl groups is 1. The van der Waals surface area contributed by atoms with Gasteiger partial charge in [-0.1, -0.05) is 6.07 Å². The zero-order valence-corrected chi connectivity index (χ0v) is 12.8. The molecule has 0 amide bonds. The largest absolute Gasteiger partial charge is 0.395 e. The highest BCUT2D eigenvalue weighted by Crippen LogP contribution is 2.19. The lowest BCUT2D eigenvalue weighted by molar-refractivity contribution is 0.102. The topological polar surface area (TPSA) is 42.0 Å². The minimum absolute atomic E-state index is 0.0136. The van der Waals surface area contributed by atoms with Crippen LogP contribution in [0.1, 0.15) is 5.56 Å². The summed E-state index contributed by atoms with van der Waals surface area (Å²) >= 11 is 0. The van der Waals surface area contributed by atoms with E-state index in [1.807, 2.05) is 6.07 Å². The summed E-state index contributed by atoms with van der Waals surface area (Å²) in [5.74, 6) is -0.255. The van der Waals surface area contributed by atoms with E-state index in [1.54, 1.807) is 18.0 Å². The molecule has 0 spiro atoms. The predicted octanol–water partition coefficient (Wildman–Crippen LogP) is 0.506. The minimum Gasteiger partial charge on any atom is -0.395 e. The summed E-state index contributed by atoms with van der Waals surface area (Å²) in [7, 11) is 3.91. The van der Waals surface area contributed by atoms with Crippen LogP contribution in [-0.4, -0.2) is 68.4 Å². The van der Waals surface area contributed by atoms with Gasteiger partial charge in [-0.15, -0.1) is 0 Å². The van der Waals surface area contributed by atoms with E-state index in [2.05, 4.69) is 22.4 Å². The van der Waals surface area contributed by atoms with Gasteiger partial charge in [-0.2, -0.15) is 0 Å². The molecule has 0 aliphatic carbocycles. The van der Waals surface area contributed by atoms with Crippen LogP contribution < -0.4 is 10.3 Å². The van der Waals surface area contributed by atoms with Crippen LogP contribution in [0.15, 0.2) is 18.2 Å². The first-order valence-electron chi connectivity index (χ1n) is 7.37. The molecular weight excluding hydrogens is 271 g/mol. The lowest BCUT2D eigenvalue weighted by atomic mass is 10.2. The van der Waals surface area contributed by atoms with Crippen LogP contribution in [-0.2, 0) is 6.54 Å². The van der Waals surface area contributed by atoms with Crippen LogP contribution in [0.5, 0.6) is 0 Å². The quantitative estimate of drug-likeness (QED) is 0.800. The number of hydrazine groups is 1. The maximum Gasteiger partial charge on any atom is 0.146 e. The highest BCUT2D eigenvalue weighted by Gasteiger charge is 2.13. The Bertz CT molecular complexity index is 449. The molecule has 1 fully saturated rings. The van der Waals surface area contributed by atoms with Crippen molar-refractivity contribution in [2.24, 2.45) is 0 Å². The summed E-state index contributed by atoms with van der Waals surface area (Å²) in [6, 6.07) is 5.13. The normalized spacial score (nSPS) is 17.1. The fraction of sp³-hybridized carbons (Fsp3) is 0.600. The number of nitrogens with zero attached hydrogens (tertiary/aromatic N) is 3. The third kappa shape index (κ3) is 4.64. The van der Waals surface area contributed by atoms with E-state index in [-0.39, 0.29) is 12.4 Å². The molecule has 5 nitrogen and oxygen atoms in total. The summed E-state index contributed by atoms with van der Waals surface area (Å²) in [6.07, 6.45) is 0. The van der Waals surface area contributed by atoms with Crippen molar-refractivity contribution in [1.82, 2.24) is 15.3 Å². The SMILES string of the molecule is CN1CCN(NCc2ccc(F)c(N(C)CCO)c2)CC1. The molecule has 0 bridgehead atoms.